The largest absolute Gasteiger partial charge is 0.296 e. The molecule has 0 atom stereocenters. The quantitative estimate of drug-likeness (QED) is 0.144. The van der Waals surface area contributed by atoms with Crippen molar-refractivity contribution in [2.45, 2.75) is 30.1 Å². The first-order valence-corrected chi connectivity index (χ1v) is 36.9. The second-order valence-electron chi connectivity index (χ2n) is 29.3. The summed E-state index contributed by atoms with van der Waals surface area (Å²) in [5.74, 6) is 2.00. The van der Waals surface area contributed by atoms with Crippen molar-refractivity contribution >= 4 is 65.2 Å². The minimum Gasteiger partial charge on any atom is -0.296 e. The zero-order valence-corrected chi connectivity index (χ0v) is 57.4. The lowest BCUT2D eigenvalue weighted by molar-refractivity contribution is 0.762. The molecule has 4 heteroatoms. The Kier molecular flexibility index (Phi) is 12.3. The number of benzene rings is 17. The molecule has 2 spiro atoms. The van der Waals surface area contributed by atoms with E-state index in [-0.39, 0.29) is 0 Å². The maximum atomic E-state index is 5.41. The van der Waals surface area contributed by atoms with Gasteiger partial charge < -0.3 is 0 Å². The third kappa shape index (κ3) is 8.22. The zero-order chi connectivity index (χ0) is 68.6. The van der Waals surface area contributed by atoms with Gasteiger partial charge in [0.25, 0.3) is 0 Å². The maximum absolute atomic E-state index is 5.41. The molecule has 0 amide bonds. The van der Waals surface area contributed by atoms with Crippen molar-refractivity contribution < 1.29 is 0 Å². The van der Waals surface area contributed by atoms with Gasteiger partial charge in [0.2, 0.25) is 0 Å². The average molecular weight is 1330 g/mol. The Labute approximate surface area is 607 Å². The fraction of sp³-hybridized carbons (Fsp3) is 0.0495. The Balaban J connectivity index is 0.585. The van der Waals surface area contributed by atoms with Crippen LogP contribution < -0.4 is 0 Å². The molecule has 2 aromatic heterocycles. The summed E-state index contributed by atoms with van der Waals surface area (Å²) in [7, 11) is 0. The van der Waals surface area contributed by atoms with Crippen LogP contribution in [-0.2, 0) is 23.7 Å². The number of para-hydroxylation sites is 4. The van der Waals surface area contributed by atoms with E-state index in [1.807, 2.05) is 0 Å². The molecule has 4 nitrogen and oxygen atoms in total. The summed E-state index contributed by atoms with van der Waals surface area (Å²) in [4.78, 5) is 10.6. The highest BCUT2D eigenvalue weighted by Crippen LogP contribution is 2.66. The Morgan fingerprint density at radius 1 is 0.248 bits per heavy atom. The van der Waals surface area contributed by atoms with Crippen LogP contribution in [0, 0.1) is 0 Å². The number of aryl methyl sites for hydroxylation is 2. The molecule has 0 fully saturated rings. The van der Waals surface area contributed by atoms with Crippen LogP contribution in [0.1, 0.15) is 62.3 Å². The van der Waals surface area contributed by atoms with Crippen molar-refractivity contribution in [1.29, 1.82) is 0 Å². The van der Waals surface area contributed by atoms with Crippen molar-refractivity contribution in [2.24, 2.45) is 0 Å². The summed E-state index contributed by atoms with van der Waals surface area (Å²) in [5.41, 5.74) is 33.9. The lowest BCUT2D eigenvalue weighted by atomic mass is 9.70. The van der Waals surface area contributed by atoms with Gasteiger partial charge in [0.15, 0.2) is 0 Å². The highest BCUT2D eigenvalue weighted by Gasteiger charge is 2.54. The van der Waals surface area contributed by atoms with E-state index in [2.05, 4.69) is 361 Å². The molecule has 0 saturated carbocycles. The first kappa shape index (κ1) is 58.4. The highest BCUT2D eigenvalue weighted by atomic mass is 15.1. The summed E-state index contributed by atoms with van der Waals surface area (Å²) < 4.78 is 4.72. The van der Waals surface area contributed by atoms with Gasteiger partial charge in [0, 0.05) is 23.4 Å². The molecule has 17 aromatic carbocycles. The summed E-state index contributed by atoms with van der Waals surface area (Å²) in [6.45, 7) is 0. The lowest BCUT2D eigenvalue weighted by Crippen LogP contribution is -2.25. The van der Waals surface area contributed by atoms with Gasteiger partial charge in [-0.15, -0.1) is 0 Å². The second kappa shape index (κ2) is 22.1. The summed E-state index contributed by atoms with van der Waals surface area (Å²) in [5, 5.41) is 10.0. The Morgan fingerprint density at radius 2 is 0.705 bits per heavy atom. The fourth-order valence-corrected chi connectivity index (χ4v) is 19.6. The summed E-state index contributed by atoms with van der Waals surface area (Å²) in [6, 6.07) is 132. The normalized spacial score (nSPS) is 13.6. The predicted molar refractivity (Wildman–Crippen MR) is 433 cm³/mol. The maximum Gasteiger partial charge on any atom is 0.145 e. The standard InChI is InChI=1S/C101H64N4/c1-2-23-64(24-3-1)99-103-93-39-15-17-41-95(93)105(99)75-28-20-26-66(57-75)68-45-47-70-59-83-91(61-73(70)55-68)101(86-36-12-8-32-80(86)81-33-9-13-37-87(81)101)89-52-49-71-53-62(43-50-77(71)98(83)89)21-18-42-96-102-92-38-14-16-40-94(92)104(96)74-27-19-25-65(56-74)67-44-46-69-58-82-90(60-72(69)54-67)100(88-51-48-63-22-4-5-29-76(63)97(82)88)84-34-10-6-30-78(84)79-31-7-11-35-85(79)100/h1-17,19-20,22-41,43-61H,18,21,42H2. The van der Waals surface area contributed by atoms with E-state index >= 15 is 0 Å². The predicted octanol–water partition coefficient (Wildman–Crippen LogP) is 24.8. The highest BCUT2D eigenvalue weighted by molar-refractivity contribution is 6.11. The number of nitrogens with zero attached hydrogens (tertiary/aromatic N) is 4. The van der Waals surface area contributed by atoms with Gasteiger partial charge in [-0.25, -0.2) is 9.97 Å². The average Bonchev–Trinajstić information content (AvgIpc) is 1.51. The van der Waals surface area contributed by atoms with Crippen LogP contribution in [0.2, 0.25) is 0 Å². The molecule has 488 valence electrons. The molecule has 0 unspecified atom stereocenters. The van der Waals surface area contributed by atoms with Crippen LogP contribution in [0.5, 0.6) is 0 Å². The van der Waals surface area contributed by atoms with Crippen molar-refractivity contribution in [3.63, 3.8) is 0 Å². The van der Waals surface area contributed by atoms with Crippen LogP contribution >= 0.6 is 0 Å². The van der Waals surface area contributed by atoms with Crippen LogP contribution in [0.25, 0.3) is 155 Å². The molecule has 2 heterocycles. The smallest absolute Gasteiger partial charge is 0.145 e. The molecule has 0 radical (unpaired) electrons. The minimum atomic E-state index is -0.503. The van der Waals surface area contributed by atoms with Gasteiger partial charge in [-0.3, -0.25) is 9.13 Å². The molecule has 0 aliphatic heterocycles. The van der Waals surface area contributed by atoms with Crippen LogP contribution in [0.15, 0.2) is 352 Å². The van der Waals surface area contributed by atoms with Crippen molar-refractivity contribution in [3.8, 4) is 89.5 Å². The first-order valence-electron chi connectivity index (χ1n) is 36.9. The second-order valence-corrected chi connectivity index (χ2v) is 29.3. The molecule has 0 saturated heterocycles. The van der Waals surface area contributed by atoms with Crippen LogP contribution in [0.3, 0.4) is 0 Å². The van der Waals surface area contributed by atoms with E-state index < -0.39 is 10.8 Å². The number of rotatable bonds is 9. The number of fused-ring (bicyclic) bond motifs is 28. The lowest BCUT2D eigenvalue weighted by Gasteiger charge is -2.30. The number of hydrogen-bond acceptors (Lipinski definition) is 2. The number of imidazole rings is 2. The topological polar surface area (TPSA) is 35.6 Å². The third-order valence-corrected chi connectivity index (χ3v) is 24.0. The summed E-state index contributed by atoms with van der Waals surface area (Å²) in [6.07, 6.45) is 2.68. The molecule has 4 aliphatic rings. The molecule has 105 heavy (non-hydrogen) atoms. The van der Waals surface area contributed by atoms with Crippen LogP contribution in [0.4, 0.5) is 0 Å². The minimum absolute atomic E-state index is 0.443. The SMILES string of the molecule is c1ccc(-c2nc3ccccc3n2-c2cccc(-c3ccc4cc5c(cc4c3)C3(c4ccccc4-c4ccccc43)c3ccc4cc(CCCc6nc7ccccc7n6-c6cccc(-c7ccc8cc9c(cc8c7)C7(c8ccccc8-c8ccccc87)c7ccc8ccccc8c7-9)c6)ccc4c3-5)c2)cc1. The van der Waals surface area contributed by atoms with Gasteiger partial charge in [0.05, 0.1) is 32.9 Å². The van der Waals surface area contributed by atoms with E-state index in [4.69, 9.17) is 9.97 Å². The van der Waals surface area contributed by atoms with Gasteiger partial charge in [0.1, 0.15) is 11.6 Å². The van der Waals surface area contributed by atoms with Gasteiger partial charge >= 0.3 is 0 Å². The fourth-order valence-electron chi connectivity index (χ4n) is 19.6. The Hall–Kier alpha value is -13.3. The van der Waals surface area contributed by atoms with E-state index in [0.29, 0.717) is 0 Å². The summed E-state index contributed by atoms with van der Waals surface area (Å²) >= 11 is 0. The van der Waals surface area contributed by atoms with E-state index in [9.17, 15) is 0 Å². The molecular formula is C101H64N4. The zero-order valence-electron chi connectivity index (χ0n) is 57.4. The number of hydrogen-bond donors (Lipinski definition) is 0. The molecular weight excluding hydrogens is 1270 g/mol. The third-order valence-electron chi connectivity index (χ3n) is 24.0. The first-order chi connectivity index (χ1) is 52.0. The monoisotopic (exact) mass is 1330 g/mol. The molecule has 19 aromatic rings. The van der Waals surface area contributed by atoms with Crippen molar-refractivity contribution in [3.05, 3.63) is 408 Å². The van der Waals surface area contributed by atoms with Gasteiger partial charge in [-0.05, 0) is 258 Å². The Bertz CT molecular complexity index is 6870. The molecule has 4 aliphatic carbocycles. The van der Waals surface area contributed by atoms with E-state index in [1.165, 1.54) is 154 Å². The molecule has 23 rings (SSSR count). The van der Waals surface area contributed by atoms with Crippen LogP contribution in [-0.4, -0.2) is 19.1 Å². The van der Waals surface area contributed by atoms with E-state index in [1.54, 1.807) is 0 Å². The van der Waals surface area contributed by atoms with Gasteiger partial charge in [-0.2, -0.15) is 0 Å². The van der Waals surface area contributed by atoms with Crippen molar-refractivity contribution in [1.82, 2.24) is 19.1 Å². The number of aromatic nitrogens is 4. The molecule has 0 N–H and O–H groups in total. The van der Waals surface area contributed by atoms with Gasteiger partial charge in [-0.1, -0.05) is 267 Å². The van der Waals surface area contributed by atoms with E-state index in [0.717, 1.165) is 75.5 Å². The Morgan fingerprint density at radius 3 is 1.30 bits per heavy atom. The molecule has 0 bridgehead atoms. The van der Waals surface area contributed by atoms with Crippen molar-refractivity contribution in [2.75, 3.05) is 0 Å².